The van der Waals surface area contributed by atoms with Crippen LogP contribution in [0.4, 0.5) is 13.2 Å². The molecule has 134 valence electrons. The summed E-state index contributed by atoms with van der Waals surface area (Å²) in [5.74, 6) is 0. The van der Waals surface area contributed by atoms with Crippen LogP contribution in [0.25, 0.3) is 0 Å². The molecule has 0 heterocycles. The number of fused-ring (bicyclic) bond motifs is 1. The fourth-order valence-electron chi connectivity index (χ4n) is 3.26. The average molecular weight is 369 g/mol. The van der Waals surface area contributed by atoms with Gasteiger partial charge >= 0.3 is 6.18 Å². The largest absolute Gasteiger partial charge is 0.416 e. The molecule has 2 aromatic carbocycles. The highest BCUT2D eigenvalue weighted by molar-refractivity contribution is 7.89. The highest BCUT2D eigenvalue weighted by Gasteiger charge is 2.34. The van der Waals surface area contributed by atoms with Gasteiger partial charge in [-0.15, -0.1) is 0 Å². The molecule has 0 amide bonds. The first-order valence-corrected chi connectivity index (χ1v) is 9.38. The first kappa shape index (κ1) is 17.9. The van der Waals surface area contributed by atoms with Crippen LogP contribution in [0.3, 0.4) is 0 Å². The van der Waals surface area contributed by atoms with E-state index < -0.39 is 21.8 Å². The van der Waals surface area contributed by atoms with Gasteiger partial charge in [0.05, 0.1) is 10.5 Å². The number of rotatable bonds is 3. The molecule has 3 rings (SSSR count). The zero-order chi connectivity index (χ0) is 18.2. The van der Waals surface area contributed by atoms with Crippen LogP contribution in [0.1, 0.15) is 35.6 Å². The Kier molecular flexibility index (Phi) is 4.64. The first-order chi connectivity index (χ1) is 11.7. The topological polar surface area (TPSA) is 37.4 Å². The summed E-state index contributed by atoms with van der Waals surface area (Å²) >= 11 is 0. The van der Waals surface area contributed by atoms with E-state index in [1.807, 2.05) is 24.3 Å². The van der Waals surface area contributed by atoms with Gasteiger partial charge in [0, 0.05) is 13.1 Å². The van der Waals surface area contributed by atoms with Crippen molar-refractivity contribution in [3.63, 3.8) is 0 Å². The lowest BCUT2D eigenvalue weighted by atomic mass is 9.88. The van der Waals surface area contributed by atoms with Crippen LogP contribution in [0.2, 0.25) is 0 Å². The van der Waals surface area contributed by atoms with E-state index >= 15 is 0 Å². The van der Waals surface area contributed by atoms with Gasteiger partial charge in [-0.05, 0) is 54.7 Å². The fourth-order valence-corrected chi connectivity index (χ4v) is 4.62. The van der Waals surface area contributed by atoms with Gasteiger partial charge in [-0.3, -0.25) is 0 Å². The standard InChI is InChI=1S/C18H18F3NO2S/c1-22(17-8-4-6-13-5-2-3-7-16(13)17)25(23,24)15-11-9-14(10-12-15)18(19,20)21/h2-3,5,7,9-12,17H,4,6,8H2,1H3/t17-/m1/s1. The zero-order valence-electron chi connectivity index (χ0n) is 13.6. The highest BCUT2D eigenvalue weighted by Crippen LogP contribution is 2.37. The summed E-state index contributed by atoms with van der Waals surface area (Å²) in [6, 6.07) is 11.0. The third-order valence-electron chi connectivity index (χ3n) is 4.64. The van der Waals surface area contributed by atoms with Crippen LogP contribution < -0.4 is 0 Å². The van der Waals surface area contributed by atoms with Crippen molar-refractivity contribution in [2.45, 2.75) is 36.4 Å². The SMILES string of the molecule is CN([C@@H]1CCCc2ccccc21)S(=O)(=O)c1ccc(C(F)(F)F)cc1. The molecule has 1 atom stereocenters. The van der Waals surface area contributed by atoms with E-state index in [-0.39, 0.29) is 10.9 Å². The maximum Gasteiger partial charge on any atom is 0.416 e. The molecule has 0 bridgehead atoms. The number of halogens is 3. The summed E-state index contributed by atoms with van der Waals surface area (Å²) in [6.45, 7) is 0. The van der Waals surface area contributed by atoms with Gasteiger partial charge in [0.15, 0.2) is 0 Å². The minimum atomic E-state index is -4.49. The summed E-state index contributed by atoms with van der Waals surface area (Å²) in [5, 5.41) is 0. The maximum atomic E-state index is 12.8. The number of hydrogen-bond donors (Lipinski definition) is 0. The lowest BCUT2D eigenvalue weighted by molar-refractivity contribution is -0.137. The van der Waals surface area contributed by atoms with E-state index in [0.29, 0.717) is 6.42 Å². The van der Waals surface area contributed by atoms with Crippen LogP contribution in [-0.2, 0) is 22.6 Å². The quantitative estimate of drug-likeness (QED) is 0.804. The van der Waals surface area contributed by atoms with Crippen molar-refractivity contribution in [2.75, 3.05) is 7.05 Å². The van der Waals surface area contributed by atoms with Crippen LogP contribution in [0, 0.1) is 0 Å². The molecule has 7 heteroatoms. The van der Waals surface area contributed by atoms with Gasteiger partial charge in [0.1, 0.15) is 0 Å². The Morgan fingerprint density at radius 1 is 1.04 bits per heavy atom. The average Bonchev–Trinajstić information content (AvgIpc) is 2.60. The van der Waals surface area contributed by atoms with Gasteiger partial charge in [0.2, 0.25) is 10.0 Å². The Balaban J connectivity index is 1.93. The number of nitrogens with zero attached hydrogens (tertiary/aromatic N) is 1. The summed E-state index contributed by atoms with van der Waals surface area (Å²) in [7, 11) is -2.39. The summed E-state index contributed by atoms with van der Waals surface area (Å²) in [6.07, 6.45) is -2.03. The molecular formula is C18H18F3NO2S. The smallest absolute Gasteiger partial charge is 0.207 e. The number of hydrogen-bond acceptors (Lipinski definition) is 2. The van der Waals surface area contributed by atoms with Gasteiger partial charge in [-0.2, -0.15) is 17.5 Å². The third-order valence-corrected chi connectivity index (χ3v) is 6.52. The Hall–Kier alpha value is -1.86. The van der Waals surface area contributed by atoms with E-state index in [4.69, 9.17) is 0 Å². The molecule has 0 radical (unpaired) electrons. The second-order valence-electron chi connectivity index (χ2n) is 6.15. The second kappa shape index (κ2) is 6.46. The molecule has 0 saturated heterocycles. The molecule has 1 aliphatic carbocycles. The molecule has 2 aromatic rings. The van der Waals surface area contributed by atoms with Crippen LogP contribution in [-0.4, -0.2) is 19.8 Å². The normalized spacial score (nSPS) is 18.2. The van der Waals surface area contributed by atoms with Crippen molar-refractivity contribution in [1.29, 1.82) is 0 Å². The molecule has 0 aromatic heterocycles. The summed E-state index contributed by atoms with van der Waals surface area (Å²) < 4.78 is 65.0. The van der Waals surface area contributed by atoms with Crippen molar-refractivity contribution in [2.24, 2.45) is 0 Å². The Bertz CT molecular complexity index is 861. The molecule has 3 nitrogen and oxygen atoms in total. The Morgan fingerprint density at radius 2 is 1.68 bits per heavy atom. The van der Waals surface area contributed by atoms with Crippen molar-refractivity contribution < 1.29 is 21.6 Å². The van der Waals surface area contributed by atoms with Crippen LogP contribution in [0.15, 0.2) is 53.4 Å². The number of aryl methyl sites for hydroxylation is 1. The molecule has 1 aliphatic rings. The first-order valence-electron chi connectivity index (χ1n) is 7.94. The molecule has 0 fully saturated rings. The lowest BCUT2D eigenvalue weighted by Crippen LogP contribution is -2.33. The predicted molar refractivity (Wildman–Crippen MR) is 88.5 cm³/mol. The summed E-state index contributed by atoms with van der Waals surface area (Å²) in [4.78, 5) is -0.133. The van der Waals surface area contributed by atoms with Gasteiger partial charge in [-0.25, -0.2) is 8.42 Å². The van der Waals surface area contributed by atoms with Crippen molar-refractivity contribution >= 4 is 10.0 Å². The molecule has 0 saturated carbocycles. The van der Waals surface area contributed by atoms with E-state index in [0.717, 1.165) is 48.2 Å². The minimum Gasteiger partial charge on any atom is -0.207 e. The lowest BCUT2D eigenvalue weighted by Gasteiger charge is -2.32. The fraction of sp³-hybridized carbons (Fsp3) is 0.333. The minimum absolute atomic E-state index is 0.133. The number of alkyl halides is 3. The van der Waals surface area contributed by atoms with E-state index in [2.05, 4.69) is 0 Å². The Labute approximate surface area is 145 Å². The number of benzene rings is 2. The molecule has 25 heavy (non-hydrogen) atoms. The van der Waals surface area contributed by atoms with Crippen molar-refractivity contribution in [3.8, 4) is 0 Å². The van der Waals surface area contributed by atoms with Crippen molar-refractivity contribution in [1.82, 2.24) is 4.31 Å². The van der Waals surface area contributed by atoms with Crippen molar-refractivity contribution in [3.05, 3.63) is 65.2 Å². The van der Waals surface area contributed by atoms with Gasteiger partial charge < -0.3 is 0 Å². The highest BCUT2D eigenvalue weighted by atomic mass is 32.2. The molecule has 0 aliphatic heterocycles. The van der Waals surface area contributed by atoms with Gasteiger partial charge in [-0.1, -0.05) is 24.3 Å². The van der Waals surface area contributed by atoms with E-state index in [1.54, 1.807) is 0 Å². The maximum absolute atomic E-state index is 12.8. The second-order valence-corrected chi connectivity index (χ2v) is 8.15. The predicted octanol–water partition coefficient (Wildman–Crippen LogP) is 4.40. The van der Waals surface area contributed by atoms with Gasteiger partial charge in [0.25, 0.3) is 0 Å². The third kappa shape index (κ3) is 3.43. The molecular weight excluding hydrogens is 351 g/mol. The Morgan fingerprint density at radius 3 is 2.32 bits per heavy atom. The van der Waals surface area contributed by atoms with E-state index in [9.17, 15) is 21.6 Å². The van der Waals surface area contributed by atoms with E-state index in [1.165, 1.54) is 11.4 Å². The molecule has 0 spiro atoms. The number of sulfonamides is 1. The molecule has 0 unspecified atom stereocenters. The monoisotopic (exact) mass is 369 g/mol. The zero-order valence-corrected chi connectivity index (χ0v) is 14.4. The van der Waals surface area contributed by atoms with Crippen LogP contribution >= 0.6 is 0 Å². The summed E-state index contributed by atoms with van der Waals surface area (Å²) in [5.41, 5.74) is 1.22. The molecule has 0 N–H and O–H groups in total. The van der Waals surface area contributed by atoms with Crippen LogP contribution in [0.5, 0.6) is 0 Å².